The Bertz CT molecular complexity index is 492. The van der Waals surface area contributed by atoms with E-state index in [2.05, 4.69) is 5.32 Å². The molecule has 0 heterocycles. The number of anilines is 1. The Hall–Kier alpha value is -1.79. The number of amides is 1. The molecule has 0 aliphatic rings. The van der Waals surface area contributed by atoms with E-state index in [4.69, 9.17) is 26.2 Å². The average molecular weight is 316 g/mol. The summed E-state index contributed by atoms with van der Waals surface area (Å²) in [4.78, 5) is 22.1. The smallest absolute Gasteiger partial charge is 0.341 e. The molecule has 0 bridgehead atoms. The van der Waals surface area contributed by atoms with Gasteiger partial charge in [-0.05, 0) is 31.5 Å². The monoisotopic (exact) mass is 315 g/mol. The van der Waals surface area contributed by atoms with Crippen LogP contribution in [0.4, 0.5) is 5.69 Å². The van der Waals surface area contributed by atoms with Crippen LogP contribution >= 0.6 is 11.6 Å². The van der Waals surface area contributed by atoms with E-state index in [9.17, 15) is 9.59 Å². The number of carbonyl (C=O) groups is 2. The number of halogens is 1. The van der Waals surface area contributed by atoms with Crippen molar-refractivity contribution < 1.29 is 24.2 Å². The first-order valence-electron chi connectivity index (χ1n) is 6.54. The van der Waals surface area contributed by atoms with Gasteiger partial charge in [0.05, 0.1) is 5.02 Å². The molecule has 6 nitrogen and oxygen atoms in total. The minimum atomic E-state index is -1.09. The normalized spacial score (nSPS) is 10.2. The minimum Gasteiger partial charge on any atom is -0.480 e. The summed E-state index contributed by atoms with van der Waals surface area (Å²) in [6.07, 6.45) is 1.00. The number of hydrogen-bond acceptors (Lipinski definition) is 4. The van der Waals surface area contributed by atoms with Gasteiger partial charge in [0.1, 0.15) is 5.75 Å². The van der Waals surface area contributed by atoms with E-state index in [0.29, 0.717) is 31.7 Å². The van der Waals surface area contributed by atoms with Crippen LogP contribution in [-0.4, -0.2) is 36.8 Å². The third-order valence-electron chi connectivity index (χ3n) is 2.46. The molecule has 0 fully saturated rings. The Labute approximate surface area is 128 Å². The molecule has 1 amide bonds. The molecule has 0 atom stereocenters. The largest absolute Gasteiger partial charge is 0.480 e. The van der Waals surface area contributed by atoms with Gasteiger partial charge in [-0.2, -0.15) is 0 Å². The van der Waals surface area contributed by atoms with Crippen LogP contribution in [0.5, 0.6) is 5.75 Å². The Kier molecular flexibility index (Phi) is 7.56. The fourth-order valence-corrected chi connectivity index (χ4v) is 1.77. The van der Waals surface area contributed by atoms with E-state index in [1.807, 2.05) is 6.92 Å². The first kappa shape index (κ1) is 17.3. The quantitative estimate of drug-likeness (QED) is 0.684. The second kappa shape index (κ2) is 9.20. The summed E-state index contributed by atoms with van der Waals surface area (Å²) < 4.78 is 10.1. The van der Waals surface area contributed by atoms with Crippen LogP contribution in [0, 0.1) is 0 Å². The van der Waals surface area contributed by atoms with Gasteiger partial charge in [0.15, 0.2) is 6.61 Å². The third kappa shape index (κ3) is 6.97. The highest BCUT2D eigenvalue weighted by molar-refractivity contribution is 6.32. The molecule has 0 spiro atoms. The lowest BCUT2D eigenvalue weighted by Crippen LogP contribution is -2.12. The summed E-state index contributed by atoms with van der Waals surface area (Å²) in [5.74, 6) is -0.962. The van der Waals surface area contributed by atoms with Gasteiger partial charge in [-0.3, -0.25) is 4.79 Å². The molecule has 2 N–H and O–H groups in total. The van der Waals surface area contributed by atoms with Gasteiger partial charge < -0.3 is 19.9 Å². The van der Waals surface area contributed by atoms with Gasteiger partial charge in [0, 0.05) is 25.3 Å². The summed E-state index contributed by atoms with van der Waals surface area (Å²) in [6, 6.07) is 4.63. The highest BCUT2D eigenvalue weighted by Crippen LogP contribution is 2.27. The number of benzene rings is 1. The molecule has 0 radical (unpaired) electrons. The molecule has 0 aromatic heterocycles. The molecule has 0 saturated heterocycles. The molecule has 0 aliphatic heterocycles. The molecule has 1 aromatic carbocycles. The lowest BCUT2D eigenvalue weighted by molar-refractivity contribution is -0.139. The molecular weight excluding hydrogens is 298 g/mol. The Morgan fingerprint density at radius 1 is 1.38 bits per heavy atom. The predicted molar refractivity (Wildman–Crippen MR) is 78.9 cm³/mol. The summed E-state index contributed by atoms with van der Waals surface area (Å²) in [5, 5.41) is 11.5. The van der Waals surface area contributed by atoms with Gasteiger partial charge in [-0.25, -0.2) is 4.79 Å². The molecule has 0 unspecified atom stereocenters. The summed E-state index contributed by atoms with van der Waals surface area (Å²) in [6.45, 7) is 2.61. The lowest BCUT2D eigenvalue weighted by atomic mass is 10.2. The van der Waals surface area contributed by atoms with Gasteiger partial charge in [-0.1, -0.05) is 11.6 Å². The minimum absolute atomic E-state index is 0.134. The van der Waals surface area contributed by atoms with Crippen molar-refractivity contribution in [2.24, 2.45) is 0 Å². The van der Waals surface area contributed by atoms with E-state index in [1.54, 1.807) is 6.07 Å². The first-order valence-corrected chi connectivity index (χ1v) is 6.92. The molecule has 7 heteroatoms. The maximum absolute atomic E-state index is 11.7. The lowest BCUT2D eigenvalue weighted by Gasteiger charge is -2.09. The van der Waals surface area contributed by atoms with Crippen molar-refractivity contribution in [1.29, 1.82) is 0 Å². The van der Waals surface area contributed by atoms with Gasteiger partial charge in [0.2, 0.25) is 5.91 Å². The van der Waals surface area contributed by atoms with Crippen molar-refractivity contribution in [3.8, 4) is 5.75 Å². The number of nitrogens with one attached hydrogen (secondary N) is 1. The predicted octanol–water partition coefficient (Wildman–Crippen LogP) is 2.56. The maximum Gasteiger partial charge on any atom is 0.341 e. The van der Waals surface area contributed by atoms with Crippen LogP contribution in [0.2, 0.25) is 5.02 Å². The summed E-state index contributed by atoms with van der Waals surface area (Å²) in [5.41, 5.74) is 0.532. The number of aliphatic carboxylic acids is 1. The van der Waals surface area contributed by atoms with Crippen LogP contribution in [0.3, 0.4) is 0 Å². The Balaban J connectivity index is 2.47. The second-order valence-corrected chi connectivity index (χ2v) is 4.58. The average Bonchev–Trinajstić information content (AvgIpc) is 2.42. The Morgan fingerprint density at radius 3 is 2.76 bits per heavy atom. The first-order chi connectivity index (χ1) is 10.0. The van der Waals surface area contributed by atoms with E-state index in [1.165, 1.54) is 12.1 Å². The van der Waals surface area contributed by atoms with Crippen molar-refractivity contribution in [1.82, 2.24) is 0 Å². The zero-order valence-electron chi connectivity index (χ0n) is 11.7. The summed E-state index contributed by atoms with van der Waals surface area (Å²) in [7, 11) is 0. The zero-order valence-corrected chi connectivity index (χ0v) is 12.5. The van der Waals surface area contributed by atoms with Crippen molar-refractivity contribution >= 4 is 29.2 Å². The zero-order chi connectivity index (χ0) is 15.7. The highest BCUT2D eigenvalue weighted by Gasteiger charge is 2.07. The molecule has 116 valence electrons. The van der Waals surface area contributed by atoms with Crippen LogP contribution in [0.1, 0.15) is 19.8 Å². The number of carbonyl (C=O) groups excluding carboxylic acids is 1. The fraction of sp³-hybridized carbons (Fsp3) is 0.429. The van der Waals surface area contributed by atoms with Gasteiger partial charge in [0.25, 0.3) is 0 Å². The van der Waals surface area contributed by atoms with E-state index in [0.717, 1.165) is 0 Å². The van der Waals surface area contributed by atoms with Crippen molar-refractivity contribution in [3.63, 3.8) is 0 Å². The summed E-state index contributed by atoms with van der Waals surface area (Å²) >= 11 is 5.95. The van der Waals surface area contributed by atoms with Crippen molar-refractivity contribution in [3.05, 3.63) is 23.2 Å². The molecule has 21 heavy (non-hydrogen) atoms. The molecular formula is C14H18ClNO5. The maximum atomic E-state index is 11.7. The molecule has 1 aromatic rings. The van der Waals surface area contributed by atoms with Gasteiger partial charge >= 0.3 is 5.97 Å². The standard InChI is InChI=1S/C14H18ClNO5/c1-2-20-7-3-4-13(17)16-10-5-6-12(11(15)8-10)21-9-14(18)19/h5-6,8H,2-4,7,9H2,1H3,(H,16,17)(H,18,19). The highest BCUT2D eigenvalue weighted by atomic mass is 35.5. The Morgan fingerprint density at radius 2 is 2.14 bits per heavy atom. The topological polar surface area (TPSA) is 84.9 Å². The molecule has 1 rings (SSSR count). The third-order valence-corrected chi connectivity index (χ3v) is 2.76. The van der Waals surface area contributed by atoms with Crippen molar-refractivity contribution in [2.45, 2.75) is 19.8 Å². The van der Waals surface area contributed by atoms with Gasteiger partial charge in [-0.15, -0.1) is 0 Å². The SMILES string of the molecule is CCOCCCC(=O)Nc1ccc(OCC(=O)O)c(Cl)c1. The van der Waals surface area contributed by atoms with E-state index >= 15 is 0 Å². The number of rotatable bonds is 9. The number of carboxylic acids is 1. The number of ether oxygens (including phenoxy) is 2. The van der Waals surface area contributed by atoms with Crippen LogP contribution < -0.4 is 10.1 Å². The van der Waals surface area contributed by atoms with E-state index < -0.39 is 12.6 Å². The second-order valence-electron chi connectivity index (χ2n) is 4.18. The van der Waals surface area contributed by atoms with Crippen LogP contribution in [-0.2, 0) is 14.3 Å². The number of carboxylic acid groups (broad SMARTS) is 1. The van der Waals surface area contributed by atoms with Crippen LogP contribution in [0.15, 0.2) is 18.2 Å². The van der Waals surface area contributed by atoms with Crippen LogP contribution in [0.25, 0.3) is 0 Å². The number of hydrogen-bond donors (Lipinski definition) is 2. The molecule has 0 saturated carbocycles. The van der Waals surface area contributed by atoms with E-state index in [-0.39, 0.29) is 16.7 Å². The molecule has 0 aliphatic carbocycles. The fourth-order valence-electron chi connectivity index (χ4n) is 1.54. The van der Waals surface area contributed by atoms with Crippen molar-refractivity contribution in [2.75, 3.05) is 25.1 Å².